The van der Waals surface area contributed by atoms with Gasteiger partial charge >= 0.3 is 0 Å². The summed E-state index contributed by atoms with van der Waals surface area (Å²) in [5.41, 5.74) is 0.618. The fraction of sp³-hybridized carbons (Fsp3) is 0.0833. The summed E-state index contributed by atoms with van der Waals surface area (Å²) >= 11 is 0. The van der Waals surface area contributed by atoms with E-state index in [0.29, 0.717) is 0 Å². The predicted molar refractivity (Wildman–Crippen MR) is 56.8 cm³/mol. The molecule has 2 aromatic rings. The average Bonchev–Trinajstić information content (AvgIpc) is 2.76. The summed E-state index contributed by atoms with van der Waals surface area (Å²) in [7, 11) is 0. The van der Waals surface area contributed by atoms with Crippen LogP contribution in [-0.4, -0.2) is 4.98 Å². The average molecular weight is 221 g/mol. The molecule has 2 rings (SSSR count). The number of hydrogen-bond acceptors (Lipinski definition) is 2. The van der Waals surface area contributed by atoms with E-state index >= 15 is 0 Å². The number of rotatable bonds is 3. The Balaban J connectivity index is 2.12. The second-order valence-corrected chi connectivity index (χ2v) is 3.16. The maximum Gasteiger partial charge on any atom is 0.283 e. The molecule has 4 heteroatoms. The van der Waals surface area contributed by atoms with Gasteiger partial charge in [-0.3, -0.25) is 0 Å². The second kappa shape index (κ2) is 4.70. The molecule has 0 spiro atoms. The number of aromatic nitrogens is 1. The van der Waals surface area contributed by atoms with Gasteiger partial charge < -0.3 is 4.42 Å². The predicted octanol–water partition coefficient (Wildman–Crippen LogP) is 3.78. The lowest BCUT2D eigenvalue weighted by molar-refractivity contribution is 0.146. The maximum absolute atomic E-state index is 12.2. The smallest absolute Gasteiger partial charge is 0.283 e. The Bertz CT molecular complexity index is 477. The highest BCUT2D eigenvalue weighted by molar-refractivity contribution is 5.65. The van der Waals surface area contributed by atoms with Crippen LogP contribution in [0, 0.1) is 0 Å². The molecule has 1 heterocycles. The SMILES string of the molecule is FC(F)c1coc(C=Cc2ccccc2)n1. The van der Waals surface area contributed by atoms with Crippen LogP contribution in [0.25, 0.3) is 12.2 Å². The fourth-order valence-corrected chi connectivity index (χ4v) is 1.21. The summed E-state index contributed by atoms with van der Waals surface area (Å²) in [6.45, 7) is 0. The third-order valence-corrected chi connectivity index (χ3v) is 1.98. The van der Waals surface area contributed by atoms with Crippen molar-refractivity contribution in [1.29, 1.82) is 0 Å². The van der Waals surface area contributed by atoms with E-state index in [4.69, 9.17) is 4.42 Å². The highest BCUT2D eigenvalue weighted by Gasteiger charge is 2.11. The number of oxazole rings is 1. The number of benzene rings is 1. The van der Waals surface area contributed by atoms with Gasteiger partial charge in [0.15, 0.2) is 0 Å². The minimum absolute atomic E-state index is 0.180. The van der Waals surface area contributed by atoms with Gasteiger partial charge in [-0.05, 0) is 11.6 Å². The van der Waals surface area contributed by atoms with Crippen LogP contribution >= 0.6 is 0 Å². The van der Waals surface area contributed by atoms with Crippen molar-refractivity contribution in [3.8, 4) is 0 Å². The minimum atomic E-state index is -2.59. The first-order valence-corrected chi connectivity index (χ1v) is 4.72. The van der Waals surface area contributed by atoms with E-state index in [1.165, 1.54) is 0 Å². The molecule has 0 atom stereocenters. The van der Waals surface area contributed by atoms with Crippen molar-refractivity contribution < 1.29 is 13.2 Å². The van der Waals surface area contributed by atoms with Crippen LogP contribution in [0.5, 0.6) is 0 Å². The molecule has 0 aliphatic rings. The summed E-state index contributed by atoms with van der Waals surface area (Å²) in [6, 6.07) is 9.47. The van der Waals surface area contributed by atoms with Crippen molar-refractivity contribution in [2.75, 3.05) is 0 Å². The summed E-state index contributed by atoms with van der Waals surface area (Å²) in [5, 5.41) is 0. The molecular weight excluding hydrogens is 212 g/mol. The maximum atomic E-state index is 12.2. The summed E-state index contributed by atoms with van der Waals surface area (Å²) in [6.07, 6.45) is 1.68. The first kappa shape index (κ1) is 10.5. The van der Waals surface area contributed by atoms with E-state index in [1.807, 2.05) is 30.3 Å². The summed E-state index contributed by atoms with van der Waals surface area (Å²) < 4.78 is 29.3. The molecule has 0 fully saturated rings. The lowest BCUT2D eigenvalue weighted by atomic mass is 10.2. The molecule has 82 valence electrons. The molecule has 0 saturated carbocycles. The third kappa shape index (κ3) is 2.53. The van der Waals surface area contributed by atoms with Crippen LogP contribution in [-0.2, 0) is 0 Å². The molecule has 2 nitrogen and oxygen atoms in total. The Morgan fingerprint density at radius 1 is 1.12 bits per heavy atom. The van der Waals surface area contributed by atoms with Gasteiger partial charge in [0, 0.05) is 6.08 Å². The van der Waals surface area contributed by atoms with Crippen molar-refractivity contribution in [2.45, 2.75) is 6.43 Å². The minimum Gasteiger partial charge on any atom is -0.445 e. The van der Waals surface area contributed by atoms with Crippen LogP contribution in [0.4, 0.5) is 8.78 Å². The van der Waals surface area contributed by atoms with Gasteiger partial charge in [0.25, 0.3) is 6.43 Å². The molecule has 0 aliphatic heterocycles. The van der Waals surface area contributed by atoms with Gasteiger partial charge in [-0.2, -0.15) is 0 Å². The van der Waals surface area contributed by atoms with Crippen LogP contribution in [0.2, 0.25) is 0 Å². The second-order valence-electron chi connectivity index (χ2n) is 3.16. The third-order valence-electron chi connectivity index (χ3n) is 1.98. The lowest BCUT2D eigenvalue weighted by Crippen LogP contribution is -1.82. The highest BCUT2D eigenvalue weighted by Crippen LogP contribution is 2.18. The van der Waals surface area contributed by atoms with E-state index in [2.05, 4.69) is 4.98 Å². The lowest BCUT2D eigenvalue weighted by Gasteiger charge is -1.89. The Labute approximate surface area is 91.2 Å². The van der Waals surface area contributed by atoms with E-state index < -0.39 is 6.43 Å². The number of nitrogens with zero attached hydrogens (tertiary/aromatic N) is 1. The van der Waals surface area contributed by atoms with Gasteiger partial charge in [0.1, 0.15) is 12.0 Å². The molecule has 0 unspecified atom stereocenters. The van der Waals surface area contributed by atoms with Crippen LogP contribution in [0.1, 0.15) is 23.6 Å². The van der Waals surface area contributed by atoms with Gasteiger partial charge in [0.2, 0.25) is 5.89 Å². The Morgan fingerprint density at radius 2 is 1.88 bits per heavy atom. The standard InChI is InChI=1S/C12H9F2NO/c13-12(14)10-8-16-11(15-10)7-6-9-4-2-1-3-5-9/h1-8,12H. The fourth-order valence-electron chi connectivity index (χ4n) is 1.21. The number of hydrogen-bond donors (Lipinski definition) is 0. The van der Waals surface area contributed by atoms with Gasteiger partial charge in [-0.1, -0.05) is 30.3 Å². The summed E-state index contributed by atoms with van der Waals surface area (Å²) in [4.78, 5) is 3.62. The first-order valence-electron chi connectivity index (χ1n) is 4.72. The van der Waals surface area contributed by atoms with Crippen molar-refractivity contribution in [2.24, 2.45) is 0 Å². The molecule has 16 heavy (non-hydrogen) atoms. The first-order chi connectivity index (χ1) is 7.75. The van der Waals surface area contributed by atoms with Crippen molar-refractivity contribution in [3.63, 3.8) is 0 Å². The van der Waals surface area contributed by atoms with E-state index in [9.17, 15) is 8.78 Å². The Morgan fingerprint density at radius 3 is 2.50 bits per heavy atom. The van der Waals surface area contributed by atoms with Crippen molar-refractivity contribution in [1.82, 2.24) is 4.98 Å². The van der Waals surface area contributed by atoms with Crippen LogP contribution < -0.4 is 0 Å². The van der Waals surface area contributed by atoms with Crippen molar-refractivity contribution in [3.05, 3.63) is 53.7 Å². The zero-order chi connectivity index (χ0) is 11.4. The normalized spacial score (nSPS) is 11.4. The molecule has 0 radical (unpaired) electrons. The monoisotopic (exact) mass is 221 g/mol. The number of halogens is 2. The Kier molecular flexibility index (Phi) is 3.10. The molecular formula is C12H9F2NO. The summed E-state index contributed by atoms with van der Waals surface area (Å²) in [5.74, 6) is 0.180. The van der Waals surface area contributed by atoms with E-state index in [1.54, 1.807) is 12.2 Å². The largest absolute Gasteiger partial charge is 0.445 e. The molecule has 0 saturated heterocycles. The van der Waals surface area contributed by atoms with Crippen LogP contribution in [0.15, 0.2) is 41.0 Å². The van der Waals surface area contributed by atoms with E-state index in [-0.39, 0.29) is 11.6 Å². The van der Waals surface area contributed by atoms with Gasteiger partial charge in [-0.25, -0.2) is 13.8 Å². The van der Waals surface area contributed by atoms with Crippen molar-refractivity contribution >= 4 is 12.2 Å². The highest BCUT2D eigenvalue weighted by atomic mass is 19.3. The van der Waals surface area contributed by atoms with E-state index in [0.717, 1.165) is 11.8 Å². The number of alkyl halides is 2. The molecule has 0 N–H and O–H groups in total. The topological polar surface area (TPSA) is 26.0 Å². The van der Waals surface area contributed by atoms with Gasteiger partial charge in [0.05, 0.1) is 0 Å². The van der Waals surface area contributed by atoms with Crippen LogP contribution in [0.3, 0.4) is 0 Å². The zero-order valence-electron chi connectivity index (χ0n) is 8.31. The molecule has 0 bridgehead atoms. The molecule has 1 aromatic heterocycles. The zero-order valence-corrected chi connectivity index (χ0v) is 8.31. The molecule has 1 aromatic carbocycles. The molecule has 0 aliphatic carbocycles. The van der Waals surface area contributed by atoms with Gasteiger partial charge in [-0.15, -0.1) is 0 Å². The Hall–Kier alpha value is -1.97. The molecule has 0 amide bonds. The quantitative estimate of drug-likeness (QED) is 0.788.